The van der Waals surface area contributed by atoms with Crippen molar-refractivity contribution in [1.29, 1.82) is 0 Å². The van der Waals surface area contributed by atoms with E-state index in [-0.39, 0.29) is 42.8 Å². The lowest BCUT2D eigenvalue weighted by Crippen LogP contribution is -2.52. The van der Waals surface area contributed by atoms with Gasteiger partial charge in [0.25, 0.3) is 5.91 Å². The first-order valence-corrected chi connectivity index (χ1v) is 14.4. The molecule has 0 radical (unpaired) electrons. The molecule has 3 aliphatic heterocycles. The van der Waals surface area contributed by atoms with Gasteiger partial charge in [0, 0.05) is 49.8 Å². The summed E-state index contributed by atoms with van der Waals surface area (Å²) < 4.78 is 11.1. The second kappa shape index (κ2) is 11.7. The number of likely N-dealkylation sites (tertiary alicyclic amines) is 1. The van der Waals surface area contributed by atoms with Crippen LogP contribution in [0.2, 0.25) is 0 Å². The average Bonchev–Trinajstić information content (AvgIpc) is 3.65. The predicted molar refractivity (Wildman–Crippen MR) is 149 cm³/mol. The molecule has 0 unspecified atom stereocenters. The predicted octanol–water partition coefficient (Wildman–Crippen LogP) is 1.90. The van der Waals surface area contributed by atoms with Crippen molar-refractivity contribution in [3.8, 4) is 11.3 Å². The van der Waals surface area contributed by atoms with Crippen molar-refractivity contribution in [2.75, 3.05) is 58.4 Å². The first-order chi connectivity index (χ1) is 18.7. The summed E-state index contributed by atoms with van der Waals surface area (Å²) in [7, 11) is 3.69. The molecule has 1 aromatic heterocycles. The van der Waals surface area contributed by atoms with Crippen LogP contribution in [-0.4, -0.2) is 110 Å². The Balaban J connectivity index is 1.26. The number of methoxy groups -OCH3 is 1. The summed E-state index contributed by atoms with van der Waals surface area (Å²) in [5.41, 5.74) is 2.28. The van der Waals surface area contributed by atoms with Gasteiger partial charge in [-0.25, -0.2) is 4.98 Å². The Morgan fingerprint density at radius 1 is 1.18 bits per heavy atom. The van der Waals surface area contributed by atoms with Gasteiger partial charge in [-0.1, -0.05) is 26.0 Å². The van der Waals surface area contributed by atoms with Gasteiger partial charge < -0.3 is 29.5 Å². The van der Waals surface area contributed by atoms with Gasteiger partial charge in [0.05, 0.1) is 12.2 Å². The van der Waals surface area contributed by atoms with Crippen molar-refractivity contribution in [2.45, 2.75) is 44.6 Å². The van der Waals surface area contributed by atoms with E-state index in [4.69, 9.17) is 14.5 Å². The van der Waals surface area contributed by atoms with Gasteiger partial charge in [-0.2, -0.15) is 0 Å². The van der Waals surface area contributed by atoms with Crippen LogP contribution in [0.1, 0.15) is 30.6 Å². The number of benzene rings is 1. The van der Waals surface area contributed by atoms with Crippen molar-refractivity contribution in [2.24, 2.45) is 5.92 Å². The second-order valence-corrected chi connectivity index (χ2v) is 11.8. The van der Waals surface area contributed by atoms with Gasteiger partial charge in [0.1, 0.15) is 30.9 Å². The first-order valence-electron chi connectivity index (χ1n) is 13.5. The van der Waals surface area contributed by atoms with E-state index in [0.717, 1.165) is 42.6 Å². The van der Waals surface area contributed by atoms with E-state index < -0.39 is 18.2 Å². The lowest BCUT2D eigenvalue weighted by Gasteiger charge is -2.32. The highest BCUT2D eigenvalue weighted by Gasteiger charge is 2.53. The number of nitrogens with one attached hydrogen (secondary N) is 1. The van der Waals surface area contributed by atoms with Gasteiger partial charge in [-0.15, -0.1) is 11.3 Å². The maximum atomic E-state index is 13.6. The fourth-order valence-electron chi connectivity index (χ4n) is 5.51. The summed E-state index contributed by atoms with van der Waals surface area (Å²) in [6.07, 6.45) is -0.371. The molecule has 11 heteroatoms. The number of ether oxygens (including phenoxy) is 2. The Morgan fingerprint density at radius 3 is 2.56 bits per heavy atom. The number of aromatic nitrogens is 1. The van der Waals surface area contributed by atoms with Crippen molar-refractivity contribution in [3.63, 3.8) is 0 Å². The zero-order chi connectivity index (χ0) is 27.7. The van der Waals surface area contributed by atoms with Crippen LogP contribution in [0.3, 0.4) is 0 Å². The molecule has 0 spiro atoms. The second-order valence-electron chi connectivity index (χ2n) is 11.0. The third-order valence-corrected chi connectivity index (χ3v) is 8.64. The summed E-state index contributed by atoms with van der Waals surface area (Å²) in [6.45, 7) is 8.21. The van der Waals surface area contributed by atoms with Crippen molar-refractivity contribution in [1.82, 2.24) is 20.1 Å². The molecule has 1 aromatic carbocycles. The third-order valence-electron chi connectivity index (χ3n) is 7.74. The van der Waals surface area contributed by atoms with Crippen LogP contribution >= 0.6 is 11.3 Å². The number of amides is 2. The van der Waals surface area contributed by atoms with Crippen LogP contribution in [0, 0.1) is 5.92 Å². The zero-order valence-electron chi connectivity index (χ0n) is 23.0. The monoisotopic (exact) mass is 555 g/mol. The normalized spacial score (nSPS) is 24.3. The van der Waals surface area contributed by atoms with Gasteiger partial charge in [-0.3, -0.25) is 14.4 Å². The van der Waals surface area contributed by atoms with Crippen LogP contribution in [0.25, 0.3) is 11.3 Å². The standard InChI is InChI=1S/C28H37N5O5S/c1-17(2)13-20(27(36)33-14-23(37-4)25-24(33)22(34)15-38-25)29-26(35)19-7-5-18(6-8-19)21-16-39-28(30-21)32-11-9-31(3)10-12-32/h5-8,16-17,20,23-25H,9-15H2,1-4H3,(H,29,35)/t20-,23+,24+,25+/m0/s1. The van der Waals surface area contributed by atoms with Gasteiger partial charge in [-0.05, 0) is 31.5 Å². The largest absolute Gasteiger partial charge is 0.377 e. The lowest BCUT2D eigenvalue weighted by atomic mass is 10.0. The molecule has 2 amide bonds. The van der Waals surface area contributed by atoms with Crippen LogP contribution in [-0.2, 0) is 19.1 Å². The molecule has 3 saturated heterocycles. The minimum absolute atomic E-state index is 0.0254. The van der Waals surface area contributed by atoms with Crippen LogP contribution in [0.15, 0.2) is 29.6 Å². The van der Waals surface area contributed by atoms with Crippen molar-refractivity contribution < 1.29 is 23.9 Å². The summed E-state index contributed by atoms with van der Waals surface area (Å²) in [6, 6.07) is 5.88. The Bertz CT molecular complexity index is 1190. The number of thiazole rings is 1. The molecular formula is C28H37N5O5S. The number of anilines is 1. The van der Waals surface area contributed by atoms with Crippen molar-refractivity contribution >= 4 is 34.1 Å². The molecule has 0 aliphatic carbocycles. The summed E-state index contributed by atoms with van der Waals surface area (Å²) in [5.74, 6) is -0.574. The zero-order valence-corrected chi connectivity index (χ0v) is 23.8. The van der Waals surface area contributed by atoms with Gasteiger partial charge >= 0.3 is 0 Å². The van der Waals surface area contributed by atoms with E-state index in [1.165, 1.54) is 4.90 Å². The molecule has 210 valence electrons. The summed E-state index contributed by atoms with van der Waals surface area (Å²) >= 11 is 1.63. The van der Waals surface area contributed by atoms with Crippen LogP contribution < -0.4 is 10.2 Å². The molecule has 3 fully saturated rings. The lowest BCUT2D eigenvalue weighted by molar-refractivity contribution is -0.138. The minimum Gasteiger partial charge on any atom is -0.377 e. The van der Waals surface area contributed by atoms with E-state index >= 15 is 0 Å². The first kappa shape index (κ1) is 27.7. The average molecular weight is 556 g/mol. The maximum absolute atomic E-state index is 13.6. The van der Waals surface area contributed by atoms with Gasteiger partial charge in [0.15, 0.2) is 10.9 Å². The Hall–Kier alpha value is -2.86. The highest BCUT2D eigenvalue weighted by molar-refractivity contribution is 7.14. The summed E-state index contributed by atoms with van der Waals surface area (Å²) in [4.78, 5) is 50.3. The number of carbonyl (C=O) groups is 3. The number of likely N-dealkylation sites (N-methyl/N-ethyl adjacent to an activating group) is 1. The summed E-state index contributed by atoms with van der Waals surface area (Å²) in [5, 5.41) is 5.99. The Kier molecular flexibility index (Phi) is 8.32. The molecule has 1 N–H and O–H groups in total. The van der Waals surface area contributed by atoms with Gasteiger partial charge in [0.2, 0.25) is 5.91 Å². The number of hydrogen-bond donors (Lipinski definition) is 1. The molecule has 0 saturated carbocycles. The number of nitrogens with zero attached hydrogens (tertiary/aromatic N) is 4. The highest BCUT2D eigenvalue weighted by atomic mass is 32.1. The van der Waals surface area contributed by atoms with E-state index in [2.05, 4.69) is 22.2 Å². The van der Waals surface area contributed by atoms with Crippen LogP contribution in [0.4, 0.5) is 5.13 Å². The van der Waals surface area contributed by atoms with Crippen molar-refractivity contribution in [3.05, 3.63) is 35.2 Å². The smallest absolute Gasteiger partial charge is 0.251 e. The number of fused-ring (bicyclic) bond motifs is 1. The molecular weight excluding hydrogens is 518 g/mol. The number of piperazine rings is 1. The molecule has 0 bridgehead atoms. The topological polar surface area (TPSA) is 104 Å². The highest BCUT2D eigenvalue weighted by Crippen LogP contribution is 2.31. The molecule has 4 atom stereocenters. The number of ketones is 1. The Morgan fingerprint density at radius 2 is 1.90 bits per heavy atom. The maximum Gasteiger partial charge on any atom is 0.251 e. The molecule has 2 aromatic rings. The Labute approximate surface area is 233 Å². The quantitative estimate of drug-likeness (QED) is 0.527. The molecule has 4 heterocycles. The molecule has 3 aliphatic rings. The van der Waals surface area contributed by atoms with E-state index in [9.17, 15) is 14.4 Å². The fraction of sp³-hybridized carbons (Fsp3) is 0.571. The minimum atomic E-state index is -0.758. The number of Topliss-reactive ketones (excluding diaryl/α,β-unsaturated/α-hetero) is 1. The molecule has 10 nitrogen and oxygen atoms in total. The molecule has 39 heavy (non-hydrogen) atoms. The van der Waals surface area contributed by atoms with Crippen LogP contribution in [0.5, 0.6) is 0 Å². The van der Waals surface area contributed by atoms with E-state index in [1.807, 2.05) is 31.4 Å². The number of hydrogen-bond acceptors (Lipinski definition) is 9. The molecule has 5 rings (SSSR count). The third kappa shape index (κ3) is 5.86. The SMILES string of the molecule is CO[C@@H]1CN(C(=O)[C@H](CC(C)C)NC(=O)c2ccc(-c3csc(N4CCN(C)CC4)n3)cc2)[C@@H]2C(=O)CO[C@@H]21. The number of carbonyl (C=O) groups excluding carboxylic acids is 3. The van der Waals surface area contributed by atoms with E-state index in [1.54, 1.807) is 30.6 Å². The van der Waals surface area contributed by atoms with E-state index in [0.29, 0.717) is 12.0 Å². The fourth-order valence-corrected chi connectivity index (χ4v) is 6.40. The number of rotatable bonds is 8.